The molecule has 4 rings (SSSR count). The molecule has 2 saturated heterocycles. The van der Waals surface area contributed by atoms with E-state index in [2.05, 4.69) is 10.6 Å². The first-order valence-electron chi connectivity index (χ1n) is 9.70. The predicted molar refractivity (Wildman–Crippen MR) is 102 cm³/mol. The first-order chi connectivity index (χ1) is 13.8. The van der Waals surface area contributed by atoms with E-state index in [1.165, 1.54) is 0 Å². The predicted octanol–water partition coefficient (Wildman–Crippen LogP) is -1.46. The Morgan fingerprint density at radius 1 is 1.41 bits per heavy atom. The van der Waals surface area contributed by atoms with E-state index < -0.39 is 17.7 Å². The first kappa shape index (κ1) is 19.9. The molecule has 0 saturated carbocycles. The standard InChI is InChI=1S/C19H27N5O5/c1-9-13(23(3)6-5-21-2)16(26)12-10(8-29-18(20)27)19(28-4)17-11(22-17)7-24(19)14(12)15(9)25/h10-11,17,21-22H,5-8H2,1-4H3,(H2,20,27). The fraction of sp³-hybridized carbons (Fsp3) is 0.632. The summed E-state index contributed by atoms with van der Waals surface area (Å²) in [6.45, 7) is 3.35. The van der Waals surface area contributed by atoms with Crippen LogP contribution < -0.4 is 16.4 Å². The fourth-order valence-corrected chi connectivity index (χ4v) is 5.13. The largest absolute Gasteiger partial charge is 0.449 e. The smallest absolute Gasteiger partial charge is 0.404 e. The van der Waals surface area contributed by atoms with Crippen LogP contribution in [0, 0.1) is 5.92 Å². The maximum atomic E-state index is 13.6. The van der Waals surface area contributed by atoms with Crippen molar-refractivity contribution >= 4 is 17.7 Å². The lowest BCUT2D eigenvalue weighted by molar-refractivity contribution is -0.137. The zero-order valence-electron chi connectivity index (χ0n) is 17.1. The van der Waals surface area contributed by atoms with Crippen LogP contribution in [0.25, 0.3) is 0 Å². The third-order valence-corrected chi connectivity index (χ3v) is 6.48. The van der Waals surface area contributed by atoms with Gasteiger partial charge in [0, 0.05) is 51.0 Å². The molecular formula is C19H27N5O5. The second-order valence-corrected chi connectivity index (χ2v) is 7.92. The van der Waals surface area contributed by atoms with Gasteiger partial charge in [-0.05, 0) is 14.0 Å². The number of methoxy groups -OCH3 is 1. The Hall–Kier alpha value is -2.43. The van der Waals surface area contributed by atoms with Crippen molar-refractivity contribution in [1.82, 2.24) is 20.4 Å². The summed E-state index contributed by atoms with van der Waals surface area (Å²) in [5, 5.41) is 6.39. The summed E-state index contributed by atoms with van der Waals surface area (Å²) >= 11 is 0. The molecule has 4 atom stereocenters. The van der Waals surface area contributed by atoms with Gasteiger partial charge < -0.3 is 35.6 Å². The van der Waals surface area contributed by atoms with E-state index in [9.17, 15) is 14.4 Å². The van der Waals surface area contributed by atoms with Crippen LogP contribution in [0.3, 0.4) is 0 Å². The lowest BCUT2D eigenvalue weighted by Gasteiger charge is -2.39. The van der Waals surface area contributed by atoms with Crippen LogP contribution in [0.1, 0.15) is 6.92 Å². The molecule has 0 spiro atoms. The average molecular weight is 405 g/mol. The normalized spacial score (nSPS) is 32.4. The van der Waals surface area contributed by atoms with E-state index in [0.717, 1.165) is 0 Å². The maximum absolute atomic E-state index is 13.6. The number of carbonyl (C=O) groups excluding carboxylic acids is 3. The summed E-state index contributed by atoms with van der Waals surface area (Å²) in [7, 11) is 5.18. The Morgan fingerprint density at radius 2 is 2.14 bits per heavy atom. The number of allylic oxidation sites excluding steroid dienone is 2. The molecule has 29 heavy (non-hydrogen) atoms. The van der Waals surface area contributed by atoms with E-state index in [-0.39, 0.29) is 30.3 Å². The zero-order chi connectivity index (χ0) is 21.1. The van der Waals surface area contributed by atoms with Crippen LogP contribution in [0.4, 0.5) is 4.79 Å². The van der Waals surface area contributed by atoms with Gasteiger partial charge in [0.1, 0.15) is 6.61 Å². The Labute approximate surface area is 169 Å². The van der Waals surface area contributed by atoms with E-state index in [1.54, 1.807) is 26.0 Å². The highest BCUT2D eigenvalue weighted by molar-refractivity contribution is 6.25. The molecular weight excluding hydrogens is 378 g/mol. The quantitative estimate of drug-likeness (QED) is 0.343. The summed E-state index contributed by atoms with van der Waals surface area (Å²) < 4.78 is 11.1. The number of hydrogen-bond donors (Lipinski definition) is 3. The van der Waals surface area contributed by atoms with Gasteiger partial charge in [-0.1, -0.05) is 0 Å². The molecule has 4 N–H and O–H groups in total. The number of ketones is 2. The number of piperazine rings is 1. The van der Waals surface area contributed by atoms with Crippen molar-refractivity contribution in [2.45, 2.75) is 24.7 Å². The van der Waals surface area contributed by atoms with Gasteiger partial charge in [-0.2, -0.15) is 0 Å². The number of nitrogens with one attached hydrogen (secondary N) is 2. The number of Topliss-reactive ketones (excluding diaryl/α,β-unsaturated/α-hetero) is 2. The van der Waals surface area contributed by atoms with E-state index >= 15 is 0 Å². The van der Waals surface area contributed by atoms with E-state index in [4.69, 9.17) is 15.2 Å². The van der Waals surface area contributed by atoms with Gasteiger partial charge in [-0.25, -0.2) is 4.79 Å². The van der Waals surface area contributed by atoms with Gasteiger partial charge >= 0.3 is 6.09 Å². The Bertz CT molecular complexity index is 852. The monoisotopic (exact) mass is 405 g/mol. The summed E-state index contributed by atoms with van der Waals surface area (Å²) in [6.07, 6.45) is -0.928. The zero-order valence-corrected chi connectivity index (χ0v) is 17.1. The fourth-order valence-electron chi connectivity index (χ4n) is 5.13. The van der Waals surface area contributed by atoms with Crippen molar-refractivity contribution in [1.29, 1.82) is 0 Å². The summed E-state index contributed by atoms with van der Waals surface area (Å²) in [4.78, 5) is 42.0. The number of carbonyl (C=O) groups is 3. The maximum Gasteiger partial charge on any atom is 0.404 e. The van der Waals surface area contributed by atoms with Crippen LogP contribution in [0.2, 0.25) is 0 Å². The second kappa shape index (κ2) is 6.82. The number of nitrogens with two attached hydrogens (primary N) is 1. The van der Waals surface area contributed by atoms with E-state index in [0.29, 0.717) is 42.2 Å². The van der Waals surface area contributed by atoms with Crippen molar-refractivity contribution < 1.29 is 23.9 Å². The number of primary amides is 1. The van der Waals surface area contributed by atoms with Crippen molar-refractivity contribution in [2.24, 2.45) is 11.7 Å². The van der Waals surface area contributed by atoms with Gasteiger partial charge in [0.25, 0.3) is 0 Å². The average Bonchev–Trinajstić information content (AvgIpc) is 3.29. The Balaban J connectivity index is 1.77. The highest BCUT2D eigenvalue weighted by Gasteiger charge is 2.72. The van der Waals surface area contributed by atoms with Gasteiger partial charge in [0.05, 0.1) is 23.4 Å². The minimum atomic E-state index is -0.949. The molecule has 3 heterocycles. The summed E-state index contributed by atoms with van der Waals surface area (Å²) in [5.74, 6) is -1.02. The third-order valence-electron chi connectivity index (χ3n) is 6.48. The van der Waals surface area contributed by atoms with Crippen molar-refractivity contribution in [2.75, 3.05) is 47.4 Å². The van der Waals surface area contributed by atoms with Crippen molar-refractivity contribution in [3.8, 4) is 0 Å². The summed E-state index contributed by atoms with van der Waals surface area (Å²) in [5.41, 5.74) is 5.76. The van der Waals surface area contributed by atoms with Gasteiger partial charge in [0.2, 0.25) is 11.6 Å². The van der Waals surface area contributed by atoms with Gasteiger partial charge in [0.15, 0.2) is 5.72 Å². The van der Waals surface area contributed by atoms with Crippen LogP contribution in [-0.2, 0) is 19.1 Å². The molecule has 0 aromatic rings. The van der Waals surface area contributed by atoms with Crippen molar-refractivity contribution in [3.63, 3.8) is 0 Å². The number of hydrogen-bond acceptors (Lipinski definition) is 9. The SMILES string of the molecule is CNCCN(C)C1=C(C)C(=O)C2=C(C1=O)C(COC(N)=O)C1(OC)C3NC3CN21. The molecule has 0 radical (unpaired) electrons. The minimum Gasteiger partial charge on any atom is -0.449 e. The molecule has 3 aliphatic heterocycles. The number of ether oxygens (including phenoxy) is 2. The molecule has 1 amide bonds. The van der Waals surface area contributed by atoms with Crippen molar-refractivity contribution in [3.05, 3.63) is 22.5 Å². The van der Waals surface area contributed by atoms with Crippen LogP contribution in [0.5, 0.6) is 0 Å². The molecule has 158 valence electrons. The van der Waals surface area contributed by atoms with Gasteiger partial charge in [-0.15, -0.1) is 0 Å². The molecule has 10 nitrogen and oxygen atoms in total. The molecule has 4 unspecified atom stereocenters. The molecule has 0 aromatic heterocycles. The third kappa shape index (κ3) is 2.62. The molecule has 0 bridgehead atoms. The number of nitrogens with zero attached hydrogens (tertiary/aromatic N) is 2. The second-order valence-electron chi connectivity index (χ2n) is 7.92. The number of rotatable bonds is 7. The molecule has 4 aliphatic rings. The van der Waals surface area contributed by atoms with Crippen LogP contribution in [-0.4, -0.2) is 92.7 Å². The lowest BCUT2D eigenvalue weighted by atomic mass is 9.82. The number of amides is 1. The Morgan fingerprint density at radius 3 is 2.76 bits per heavy atom. The van der Waals surface area contributed by atoms with E-state index in [1.807, 2.05) is 11.9 Å². The number of fused-ring (bicyclic) bond motifs is 4. The molecule has 0 aromatic carbocycles. The Kier molecular flexibility index (Phi) is 4.67. The lowest BCUT2D eigenvalue weighted by Crippen LogP contribution is -2.55. The summed E-state index contributed by atoms with van der Waals surface area (Å²) in [6, 6.07) is 0.123. The topological polar surface area (TPSA) is 136 Å². The van der Waals surface area contributed by atoms with Crippen LogP contribution >= 0.6 is 0 Å². The van der Waals surface area contributed by atoms with Crippen LogP contribution in [0.15, 0.2) is 22.5 Å². The molecule has 2 fully saturated rings. The number of likely N-dealkylation sites (N-methyl/N-ethyl adjacent to an activating group) is 2. The minimum absolute atomic E-state index is 0.0500. The highest BCUT2D eigenvalue weighted by Crippen LogP contribution is 2.55. The first-order valence-corrected chi connectivity index (χ1v) is 9.70. The molecule has 1 aliphatic carbocycles. The van der Waals surface area contributed by atoms with Gasteiger partial charge in [-0.3, -0.25) is 9.59 Å². The molecule has 10 heteroatoms. The highest BCUT2D eigenvalue weighted by atomic mass is 16.6.